The highest BCUT2D eigenvalue weighted by Crippen LogP contribution is 2.26. The first kappa shape index (κ1) is 24.9. The van der Waals surface area contributed by atoms with Gasteiger partial charge in [-0.1, -0.05) is 24.1 Å². The molecule has 0 bridgehead atoms. The van der Waals surface area contributed by atoms with Crippen LogP contribution in [0.3, 0.4) is 0 Å². The van der Waals surface area contributed by atoms with E-state index < -0.39 is 0 Å². The molecule has 0 aliphatic heterocycles. The number of nitrogens with zero attached hydrogens (tertiary/aromatic N) is 5. The molecule has 5 aromatic rings. The van der Waals surface area contributed by atoms with Crippen LogP contribution in [0.25, 0.3) is 27.8 Å². The van der Waals surface area contributed by atoms with Gasteiger partial charge in [-0.3, -0.25) is 0 Å². The van der Waals surface area contributed by atoms with E-state index in [4.69, 9.17) is 11.4 Å². The normalized spacial score (nSPS) is 12.1. The van der Waals surface area contributed by atoms with Crippen LogP contribution in [0, 0.1) is 12.3 Å². The van der Waals surface area contributed by atoms with Crippen molar-refractivity contribution in [3.05, 3.63) is 91.0 Å². The van der Waals surface area contributed by atoms with Crippen LogP contribution in [0.15, 0.2) is 101 Å². The number of para-hydroxylation sites is 1. The van der Waals surface area contributed by atoms with Gasteiger partial charge in [0.1, 0.15) is 11.0 Å². The molecule has 0 saturated carbocycles. The zero-order valence-electron chi connectivity index (χ0n) is 22.0. The number of benzene rings is 4. The maximum atomic E-state index is 5.46. The number of hydrogen-bond acceptors (Lipinski definition) is 5. The first-order valence-corrected chi connectivity index (χ1v) is 12.9. The Morgan fingerprint density at radius 3 is 2.16 bits per heavy atom. The Bertz CT molecular complexity index is 1630. The molecule has 1 atom stereocenters. The number of azo groups is 1. The quantitative estimate of drug-likeness (QED) is 0.105. The Morgan fingerprint density at radius 2 is 1.47 bits per heavy atom. The van der Waals surface area contributed by atoms with Gasteiger partial charge >= 0.3 is 0 Å². The van der Waals surface area contributed by atoms with Crippen LogP contribution >= 0.6 is 0 Å². The van der Waals surface area contributed by atoms with E-state index in [1.54, 1.807) is 0 Å². The van der Waals surface area contributed by atoms with Gasteiger partial charge in [-0.05, 0) is 69.3 Å². The van der Waals surface area contributed by atoms with Crippen LogP contribution in [0.4, 0.5) is 22.7 Å². The summed E-state index contributed by atoms with van der Waals surface area (Å²) in [5.74, 6) is 2.67. The first-order valence-electron chi connectivity index (χ1n) is 12.9. The highest BCUT2D eigenvalue weighted by Gasteiger charge is 2.21. The second-order valence-electron chi connectivity index (χ2n) is 9.08. The Hall–Kier alpha value is -4.76. The smallest absolute Gasteiger partial charge is 0.239 e. The third-order valence-electron chi connectivity index (χ3n) is 6.57. The summed E-state index contributed by atoms with van der Waals surface area (Å²) >= 11 is 0. The van der Waals surface area contributed by atoms with E-state index in [2.05, 4.69) is 87.2 Å². The maximum Gasteiger partial charge on any atom is 0.239 e. The van der Waals surface area contributed by atoms with Crippen molar-refractivity contribution in [3.63, 3.8) is 0 Å². The number of rotatable bonds is 8. The fourth-order valence-corrected chi connectivity index (χ4v) is 4.56. The minimum absolute atomic E-state index is 0.0378. The lowest BCUT2D eigenvalue weighted by Gasteiger charge is -2.20. The van der Waals surface area contributed by atoms with Crippen LogP contribution in [0.5, 0.6) is 0 Å². The van der Waals surface area contributed by atoms with Gasteiger partial charge in [0.2, 0.25) is 16.7 Å². The summed E-state index contributed by atoms with van der Waals surface area (Å²) in [6.07, 6.45) is 5.46. The Balaban J connectivity index is 1.59. The van der Waals surface area contributed by atoms with Crippen molar-refractivity contribution in [2.75, 3.05) is 23.3 Å². The zero-order chi connectivity index (χ0) is 26.5. The maximum absolute atomic E-state index is 5.46. The van der Waals surface area contributed by atoms with E-state index in [9.17, 15) is 0 Å². The SMILES string of the molecule is C#CC(C)Nc1ccc(N=Nc2ccc3nc4ccc(N(CC)CC)cc4[n+](-c4ccccc4)c3c2)cc1. The van der Waals surface area contributed by atoms with E-state index in [0.29, 0.717) is 0 Å². The summed E-state index contributed by atoms with van der Waals surface area (Å²) in [7, 11) is 0. The standard InChI is InChI=1S/C32H30N6/c1-5-23(4)33-24-13-15-25(16-14-24)35-36-26-17-19-29-31(21-26)38(27-11-9-8-10-12-27)32-22-28(37(6-2)7-3)18-20-30(32)34-29/h1,8-23H,6-7H2,2-4H3/p+1. The van der Waals surface area contributed by atoms with Gasteiger partial charge in [-0.25, -0.2) is 4.98 Å². The highest BCUT2D eigenvalue weighted by molar-refractivity contribution is 5.85. The highest BCUT2D eigenvalue weighted by atomic mass is 15.1. The second-order valence-corrected chi connectivity index (χ2v) is 9.08. The molecule has 0 aliphatic rings. The van der Waals surface area contributed by atoms with Crippen molar-refractivity contribution in [1.82, 2.24) is 4.98 Å². The molecule has 6 nitrogen and oxygen atoms in total. The molecule has 1 heterocycles. The lowest BCUT2D eigenvalue weighted by Crippen LogP contribution is -2.33. The molecule has 0 aliphatic carbocycles. The molecule has 5 rings (SSSR count). The Labute approximate surface area is 223 Å². The molecule has 188 valence electrons. The number of nitrogens with one attached hydrogen (secondary N) is 1. The summed E-state index contributed by atoms with van der Waals surface area (Å²) in [4.78, 5) is 7.33. The summed E-state index contributed by atoms with van der Waals surface area (Å²) in [6, 6.07) is 30.6. The van der Waals surface area contributed by atoms with E-state index in [1.807, 2.05) is 55.5 Å². The molecule has 38 heavy (non-hydrogen) atoms. The van der Waals surface area contributed by atoms with Crippen LogP contribution in [0.1, 0.15) is 20.8 Å². The number of terminal acetylenes is 1. The fraction of sp³-hybridized carbons (Fsp3) is 0.188. The van der Waals surface area contributed by atoms with Crippen LogP contribution in [0.2, 0.25) is 0 Å². The molecular weight excluding hydrogens is 468 g/mol. The van der Waals surface area contributed by atoms with Crippen LogP contribution in [-0.2, 0) is 0 Å². The van der Waals surface area contributed by atoms with Crippen molar-refractivity contribution in [2.24, 2.45) is 10.2 Å². The number of aromatic nitrogens is 2. The minimum Gasteiger partial charge on any atom is -0.372 e. The monoisotopic (exact) mass is 499 g/mol. The molecule has 4 aromatic carbocycles. The number of anilines is 2. The van der Waals surface area contributed by atoms with Crippen LogP contribution < -0.4 is 14.8 Å². The van der Waals surface area contributed by atoms with Crippen molar-refractivity contribution in [2.45, 2.75) is 26.8 Å². The average molecular weight is 500 g/mol. The average Bonchev–Trinajstić information content (AvgIpc) is 2.96. The Morgan fingerprint density at radius 1 is 0.842 bits per heavy atom. The lowest BCUT2D eigenvalue weighted by molar-refractivity contribution is -0.538. The number of fused-ring (bicyclic) bond motifs is 2. The molecule has 0 saturated heterocycles. The molecule has 1 aromatic heterocycles. The van der Waals surface area contributed by atoms with Gasteiger partial charge in [0.05, 0.1) is 17.4 Å². The molecule has 0 spiro atoms. The predicted octanol–water partition coefficient (Wildman–Crippen LogP) is 7.36. The second kappa shape index (κ2) is 11.1. The zero-order valence-corrected chi connectivity index (χ0v) is 22.0. The summed E-state index contributed by atoms with van der Waals surface area (Å²) < 4.78 is 2.26. The fourth-order valence-electron chi connectivity index (χ4n) is 4.56. The van der Waals surface area contributed by atoms with E-state index in [1.165, 1.54) is 5.69 Å². The van der Waals surface area contributed by atoms with Gasteiger partial charge in [-0.2, -0.15) is 10.2 Å². The van der Waals surface area contributed by atoms with Crippen molar-refractivity contribution in [1.29, 1.82) is 0 Å². The summed E-state index contributed by atoms with van der Waals surface area (Å²) in [5.41, 5.74) is 8.58. The summed E-state index contributed by atoms with van der Waals surface area (Å²) in [6.45, 7) is 8.18. The molecule has 0 radical (unpaired) electrons. The molecule has 1 unspecified atom stereocenters. The third-order valence-corrected chi connectivity index (χ3v) is 6.57. The van der Waals surface area contributed by atoms with Gasteiger partial charge in [-0.15, -0.1) is 11.0 Å². The van der Waals surface area contributed by atoms with Crippen molar-refractivity contribution in [3.8, 4) is 18.0 Å². The number of hydrogen-bond donors (Lipinski definition) is 1. The van der Waals surface area contributed by atoms with E-state index in [-0.39, 0.29) is 6.04 Å². The lowest BCUT2D eigenvalue weighted by atomic mass is 10.1. The van der Waals surface area contributed by atoms with Gasteiger partial charge < -0.3 is 10.2 Å². The van der Waals surface area contributed by atoms with Gasteiger partial charge in [0, 0.05) is 48.7 Å². The largest absolute Gasteiger partial charge is 0.372 e. The summed E-state index contributed by atoms with van der Waals surface area (Å²) in [5, 5.41) is 12.3. The van der Waals surface area contributed by atoms with Crippen molar-refractivity contribution >= 4 is 44.8 Å². The van der Waals surface area contributed by atoms with Crippen molar-refractivity contribution < 1.29 is 4.57 Å². The molecule has 0 fully saturated rings. The first-order chi connectivity index (χ1) is 18.6. The molecule has 0 amide bonds. The van der Waals surface area contributed by atoms with Gasteiger partial charge in [0.15, 0.2) is 0 Å². The molecular formula is C32H31N6+. The van der Waals surface area contributed by atoms with E-state index in [0.717, 1.165) is 57.9 Å². The Kier molecular flexibility index (Phi) is 7.28. The topological polar surface area (TPSA) is 56.8 Å². The minimum atomic E-state index is -0.0378. The van der Waals surface area contributed by atoms with E-state index >= 15 is 0 Å². The third kappa shape index (κ3) is 5.18. The van der Waals surface area contributed by atoms with Crippen LogP contribution in [-0.4, -0.2) is 24.1 Å². The molecule has 1 N–H and O–H groups in total. The molecule has 6 heteroatoms. The van der Waals surface area contributed by atoms with Gasteiger partial charge in [0.25, 0.3) is 0 Å². The predicted molar refractivity (Wildman–Crippen MR) is 157 cm³/mol.